The first-order valence-corrected chi connectivity index (χ1v) is 5.05. The normalized spacial score (nSPS) is 11.4. The predicted octanol–water partition coefficient (Wildman–Crippen LogP) is 2.66. The zero-order valence-electron chi connectivity index (χ0n) is 8.83. The lowest BCUT2D eigenvalue weighted by atomic mass is 10.1. The maximum absolute atomic E-state index is 2.24. The molecule has 0 fully saturated rings. The van der Waals surface area contributed by atoms with Crippen LogP contribution >= 0.6 is 0 Å². The highest BCUT2D eigenvalue weighted by Crippen LogP contribution is 2.20. The van der Waals surface area contributed by atoms with Crippen molar-refractivity contribution in [2.45, 2.75) is 6.42 Å². The molecule has 0 aliphatic heterocycles. The highest BCUT2D eigenvalue weighted by molar-refractivity contribution is 5.87. The van der Waals surface area contributed by atoms with Crippen molar-refractivity contribution in [3.63, 3.8) is 0 Å². The van der Waals surface area contributed by atoms with E-state index in [0.29, 0.717) is 0 Å². The molecule has 0 bridgehead atoms. The standard InChI is InChI=1S/C13H16N/c1-14(2)10-9-12-8-7-11-5-3-4-6-13(11)12/h3-8H,9-10H2,1-2H3/q-1. The second-order valence-electron chi connectivity index (χ2n) is 4.00. The van der Waals surface area contributed by atoms with Gasteiger partial charge in [0.1, 0.15) is 0 Å². The smallest absolute Gasteiger partial charge is 0.00548 e. The molecule has 0 aromatic heterocycles. The lowest BCUT2D eigenvalue weighted by Gasteiger charge is -2.11. The average Bonchev–Trinajstić information content (AvgIpc) is 2.58. The number of fused-ring (bicyclic) bond motifs is 1. The molecule has 1 heteroatoms. The van der Waals surface area contributed by atoms with Crippen LogP contribution < -0.4 is 0 Å². The molecule has 0 aliphatic rings. The molecule has 0 saturated carbocycles. The summed E-state index contributed by atoms with van der Waals surface area (Å²) in [6.45, 7) is 1.12. The summed E-state index contributed by atoms with van der Waals surface area (Å²) in [5.41, 5.74) is 1.47. The van der Waals surface area contributed by atoms with E-state index in [9.17, 15) is 0 Å². The molecular weight excluding hydrogens is 170 g/mol. The summed E-state index contributed by atoms with van der Waals surface area (Å²) < 4.78 is 0. The van der Waals surface area contributed by atoms with Gasteiger partial charge in [-0.25, -0.2) is 0 Å². The van der Waals surface area contributed by atoms with Gasteiger partial charge in [0.15, 0.2) is 0 Å². The molecule has 0 heterocycles. The SMILES string of the molecule is CN(C)CCc1cc[c-]2ccccc12. The first-order valence-electron chi connectivity index (χ1n) is 5.05. The summed E-state index contributed by atoms with van der Waals surface area (Å²) in [5, 5.41) is 2.77. The summed E-state index contributed by atoms with van der Waals surface area (Å²) in [5.74, 6) is 0. The molecule has 0 atom stereocenters. The maximum Gasteiger partial charge on any atom is -0.00548 e. The van der Waals surface area contributed by atoms with Crippen LogP contribution in [0.15, 0.2) is 36.4 Å². The Morgan fingerprint density at radius 2 is 2.00 bits per heavy atom. The van der Waals surface area contributed by atoms with Gasteiger partial charge in [-0.2, -0.15) is 0 Å². The van der Waals surface area contributed by atoms with E-state index in [2.05, 4.69) is 55.4 Å². The lowest BCUT2D eigenvalue weighted by Crippen LogP contribution is -2.14. The fraction of sp³-hybridized carbons (Fsp3) is 0.308. The molecule has 0 unspecified atom stereocenters. The maximum atomic E-state index is 2.24. The summed E-state index contributed by atoms with van der Waals surface area (Å²) in [7, 11) is 4.23. The third kappa shape index (κ3) is 1.83. The second kappa shape index (κ2) is 3.89. The highest BCUT2D eigenvalue weighted by Gasteiger charge is 1.95. The van der Waals surface area contributed by atoms with E-state index < -0.39 is 0 Å². The Kier molecular flexibility index (Phi) is 2.60. The van der Waals surface area contributed by atoms with Crippen LogP contribution in [0.5, 0.6) is 0 Å². The van der Waals surface area contributed by atoms with Crippen LogP contribution in [0.1, 0.15) is 5.56 Å². The molecule has 2 aromatic rings. The second-order valence-corrected chi connectivity index (χ2v) is 4.00. The number of hydrogen-bond donors (Lipinski definition) is 0. The molecule has 0 amide bonds. The quantitative estimate of drug-likeness (QED) is 0.666. The zero-order valence-corrected chi connectivity index (χ0v) is 8.83. The average molecular weight is 186 g/mol. The number of likely N-dealkylation sites (N-methyl/N-ethyl adjacent to an activating group) is 1. The Balaban J connectivity index is 2.25. The van der Waals surface area contributed by atoms with Crippen molar-refractivity contribution in [2.24, 2.45) is 0 Å². The number of hydrogen-bond acceptors (Lipinski definition) is 1. The van der Waals surface area contributed by atoms with Gasteiger partial charge in [0.05, 0.1) is 0 Å². The van der Waals surface area contributed by atoms with E-state index in [1.807, 2.05) is 0 Å². The largest absolute Gasteiger partial charge is 0.310 e. The van der Waals surface area contributed by atoms with Gasteiger partial charge >= 0.3 is 0 Å². The molecule has 14 heavy (non-hydrogen) atoms. The lowest BCUT2D eigenvalue weighted by molar-refractivity contribution is 0.414. The van der Waals surface area contributed by atoms with Gasteiger partial charge in [-0.05, 0) is 27.1 Å². The van der Waals surface area contributed by atoms with Crippen molar-refractivity contribution in [2.75, 3.05) is 20.6 Å². The number of nitrogens with zero attached hydrogens (tertiary/aromatic N) is 1. The molecule has 1 nitrogen and oxygen atoms in total. The van der Waals surface area contributed by atoms with Gasteiger partial charge in [-0.15, -0.1) is 47.3 Å². The van der Waals surface area contributed by atoms with Crippen LogP contribution in [0.2, 0.25) is 0 Å². The van der Waals surface area contributed by atoms with Crippen molar-refractivity contribution >= 4 is 10.8 Å². The Morgan fingerprint density at radius 1 is 1.14 bits per heavy atom. The van der Waals surface area contributed by atoms with E-state index in [0.717, 1.165) is 13.0 Å². The van der Waals surface area contributed by atoms with Crippen molar-refractivity contribution in [3.8, 4) is 0 Å². The molecule has 0 saturated heterocycles. The molecule has 2 rings (SSSR count). The van der Waals surface area contributed by atoms with Gasteiger partial charge in [0, 0.05) is 0 Å². The minimum absolute atomic E-state index is 1.12. The van der Waals surface area contributed by atoms with E-state index in [1.54, 1.807) is 0 Å². The fourth-order valence-corrected chi connectivity index (χ4v) is 1.78. The summed E-state index contributed by atoms with van der Waals surface area (Å²) in [6.07, 6.45) is 1.14. The van der Waals surface area contributed by atoms with Gasteiger partial charge in [0.2, 0.25) is 0 Å². The van der Waals surface area contributed by atoms with Crippen molar-refractivity contribution in [1.29, 1.82) is 0 Å². The van der Waals surface area contributed by atoms with Gasteiger partial charge in [0.25, 0.3) is 0 Å². The van der Waals surface area contributed by atoms with Crippen LogP contribution in [-0.2, 0) is 6.42 Å². The molecule has 2 aromatic carbocycles. The summed E-state index contributed by atoms with van der Waals surface area (Å²) in [4.78, 5) is 2.22. The van der Waals surface area contributed by atoms with Crippen molar-refractivity contribution < 1.29 is 0 Å². The molecule has 0 aliphatic carbocycles. The highest BCUT2D eigenvalue weighted by atomic mass is 15.0. The van der Waals surface area contributed by atoms with E-state index in [1.165, 1.54) is 16.3 Å². The molecular formula is C13H16N-. The first-order chi connectivity index (χ1) is 6.77. The minimum Gasteiger partial charge on any atom is -0.310 e. The van der Waals surface area contributed by atoms with Gasteiger partial charge in [-0.3, -0.25) is 0 Å². The van der Waals surface area contributed by atoms with E-state index >= 15 is 0 Å². The number of benzene rings is 1. The molecule has 0 radical (unpaired) electrons. The third-order valence-corrected chi connectivity index (χ3v) is 2.60. The molecule has 0 spiro atoms. The Hall–Kier alpha value is -1.21. The Labute approximate surface area is 85.3 Å². The van der Waals surface area contributed by atoms with E-state index in [4.69, 9.17) is 0 Å². The monoisotopic (exact) mass is 186 g/mol. The Bertz CT molecular complexity index is 412. The van der Waals surface area contributed by atoms with Gasteiger partial charge < -0.3 is 4.90 Å². The Morgan fingerprint density at radius 3 is 2.79 bits per heavy atom. The summed E-state index contributed by atoms with van der Waals surface area (Å²) in [6, 6.07) is 13.0. The number of rotatable bonds is 3. The third-order valence-electron chi connectivity index (χ3n) is 2.60. The van der Waals surface area contributed by atoms with Crippen LogP contribution in [-0.4, -0.2) is 25.5 Å². The topological polar surface area (TPSA) is 3.24 Å². The molecule has 74 valence electrons. The van der Waals surface area contributed by atoms with Crippen LogP contribution in [0.25, 0.3) is 10.8 Å². The van der Waals surface area contributed by atoms with E-state index in [-0.39, 0.29) is 0 Å². The predicted molar refractivity (Wildman–Crippen MR) is 61.8 cm³/mol. The van der Waals surface area contributed by atoms with Gasteiger partial charge in [-0.1, -0.05) is 5.39 Å². The molecule has 0 N–H and O–H groups in total. The zero-order chi connectivity index (χ0) is 9.97. The van der Waals surface area contributed by atoms with Crippen molar-refractivity contribution in [1.82, 2.24) is 4.90 Å². The van der Waals surface area contributed by atoms with Crippen LogP contribution in [0.3, 0.4) is 0 Å². The first kappa shape index (κ1) is 9.35. The van der Waals surface area contributed by atoms with Crippen LogP contribution in [0, 0.1) is 0 Å². The minimum atomic E-state index is 1.12. The van der Waals surface area contributed by atoms with Crippen molar-refractivity contribution in [3.05, 3.63) is 42.0 Å². The van der Waals surface area contributed by atoms with Crippen LogP contribution in [0.4, 0.5) is 0 Å². The summed E-state index contributed by atoms with van der Waals surface area (Å²) >= 11 is 0. The fourth-order valence-electron chi connectivity index (χ4n) is 1.78.